The maximum atomic E-state index is 12.2. The van der Waals surface area contributed by atoms with Crippen molar-refractivity contribution in [3.05, 3.63) is 29.8 Å². The highest BCUT2D eigenvalue weighted by Crippen LogP contribution is 2.28. The molecule has 2 rings (SSSR count). The zero-order valence-corrected chi connectivity index (χ0v) is 13.5. The van der Waals surface area contributed by atoms with Gasteiger partial charge in [0.15, 0.2) is 0 Å². The molecule has 1 aliphatic rings. The molecule has 0 aliphatic heterocycles. The fourth-order valence-electron chi connectivity index (χ4n) is 2.93. The van der Waals surface area contributed by atoms with Crippen LogP contribution in [0.5, 0.6) is 0 Å². The van der Waals surface area contributed by atoms with Crippen molar-refractivity contribution in [1.82, 2.24) is 4.72 Å². The van der Waals surface area contributed by atoms with Crippen LogP contribution in [0.1, 0.15) is 57.1 Å². The Morgan fingerprint density at radius 2 is 1.86 bits per heavy atom. The average molecular weight is 310 g/mol. The maximum absolute atomic E-state index is 12.2. The van der Waals surface area contributed by atoms with E-state index in [4.69, 9.17) is 5.73 Å². The van der Waals surface area contributed by atoms with Crippen LogP contribution >= 0.6 is 0 Å². The van der Waals surface area contributed by atoms with Gasteiger partial charge in [-0.25, -0.2) is 13.1 Å². The van der Waals surface area contributed by atoms with E-state index in [0.29, 0.717) is 11.4 Å². The van der Waals surface area contributed by atoms with Gasteiger partial charge in [0.25, 0.3) is 0 Å². The molecule has 118 valence electrons. The average Bonchev–Trinajstić information content (AvgIpc) is 2.97. The van der Waals surface area contributed by atoms with E-state index in [-0.39, 0.29) is 6.04 Å². The van der Waals surface area contributed by atoms with E-state index in [9.17, 15) is 8.42 Å². The molecular weight excluding hydrogens is 284 g/mol. The molecule has 0 bridgehead atoms. The van der Waals surface area contributed by atoms with Crippen LogP contribution < -0.4 is 10.5 Å². The van der Waals surface area contributed by atoms with E-state index in [0.717, 1.165) is 24.3 Å². The van der Waals surface area contributed by atoms with Gasteiger partial charge in [-0.1, -0.05) is 37.8 Å². The lowest BCUT2D eigenvalue weighted by Crippen LogP contribution is -2.25. The van der Waals surface area contributed by atoms with Crippen molar-refractivity contribution < 1.29 is 8.42 Å². The number of hydrogen-bond acceptors (Lipinski definition) is 3. The molecule has 4 nitrogen and oxygen atoms in total. The Kier molecular flexibility index (Phi) is 5.79. The predicted octanol–water partition coefficient (Wildman–Crippen LogP) is 2.96. The summed E-state index contributed by atoms with van der Waals surface area (Å²) >= 11 is 0. The number of sulfonamides is 1. The SMILES string of the molecule is CC(N)c1ccc(S(=O)(=O)NCCCC2CCCC2)cc1. The summed E-state index contributed by atoms with van der Waals surface area (Å²) in [5.41, 5.74) is 6.71. The summed E-state index contributed by atoms with van der Waals surface area (Å²) in [5, 5.41) is 0. The van der Waals surface area contributed by atoms with Gasteiger partial charge < -0.3 is 5.73 Å². The van der Waals surface area contributed by atoms with Crippen molar-refractivity contribution >= 4 is 10.0 Å². The molecule has 1 aliphatic carbocycles. The topological polar surface area (TPSA) is 72.2 Å². The summed E-state index contributed by atoms with van der Waals surface area (Å²) in [5.74, 6) is 0.805. The molecular formula is C16H26N2O2S. The third kappa shape index (κ3) is 4.80. The minimum atomic E-state index is -3.39. The summed E-state index contributed by atoms with van der Waals surface area (Å²) < 4.78 is 27.0. The molecule has 1 saturated carbocycles. The molecule has 1 aromatic rings. The maximum Gasteiger partial charge on any atom is 0.240 e. The molecule has 1 fully saturated rings. The Morgan fingerprint density at radius 1 is 1.24 bits per heavy atom. The van der Waals surface area contributed by atoms with Gasteiger partial charge in [-0.2, -0.15) is 0 Å². The zero-order valence-electron chi connectivity index (χ0n) is 12.7. The second kappa shape index (κ2) is 7.38. The standard InChI is InChI=1S/C16H26N2O2S/c1-13(17)15-8-10-16(11-9-15)21(19,20)18-12-4-7-14-5-2-3-6-14/h8-11,13-14,18H,2-7,12,17H2,1H3. The highest BCUT2D eigenvalue weighted by molar-refractivity contribution is 7.89. The molecule has 0 radical (unpaired) electrons. The third-order valence-corrected chi connectivity index (χ3v) is 5.75. The molecule has 1 atom stereocenters. The van der Waals surface area contributed by atoms with Gasteiger partial charge in [-0.15, -0.1) is 0 Å². The lowest BCUT2D eigenvalue weighted by Gasteiger charge is -2.11. The highest BCUT2D eigenvalue weighted by Gasteiger charge is 2.16. The minimum Gasteiger partial charge on any atom is -0.324 e. The summed E-state index contributed by atoms with van der Waals surface area (Å²) in [4.78, 5) is 0.313. The minimum absolute atomic E-state index is 0.0823. The summed E-state index contributed by atoms with van der Waals surface area (Å²) in [6.45, 7) is 2.40. The van der Waals surface area contributed by atoms with Crippen molar-refractivity contribution in [2.45, 2.75) is 56.4 Å². The number of hydrogen-bond donors (Lipinski definition) is 2. The van der Waals surface area contributed by atoms with E-state index in [2.05, 4.69) is 4.72 Å². The normalized spacial score (nSPS) is 18.0. The first kappa shape index (κ1) is 16.5. The van der Waals surface area contributed by atoms with Crippen LogP contribution in [0.4, 0.5) is 0 Å². The van der Waals surface area contributed by atoms with Crippen molar-refractivity contribution in [1.29, 1.82) is 0 Å². The Morgan fingerprint density at radius 3 is 2.43 bits per heavy atom. The van der Waals surface area contributed by atoms with Crippen molar-refractivity contribution in [2.24, 2.45) is 11.7 Å². The van der Waals surface area contributed by atoms with Crippen LogP contribution in [-0.2, 0) is 10.0 Å². The van der Waals surface area contributed by atoms with Crippen molar-refractivity contribution in [3.63, 3.8) is 0 Å². The number of nitrogens with one attached hydrogen (secondary N) is 1. The first-order valence-electron chi connectivity index (χ1n) is 7.84. The van der Waals surface area contributed by atoms with E-state index in [1.54, 1.807) is 24.3 Å². The van der Waals surface area contributed by atoms with Gasteiger partial charge in [-0.05, 0) is 43.4 Å². The lowest BCUT2D eigenvalue weighted by atomic mass is 10.0. The molecule has 1 aromatic carbocycles. The van der Waals surface area contributed by atoms with E-state index < -0.39 is 10.0 Å². The molecule has 0 amide bonds. The number of benzene rings is 1. The molecule has 3 N–H and O–H groups in total. The van der Waals surface area contributed by atoms with Crippen LogP contribution in [0.2, 0.25) is 0 Å². The third-order valence-electron chi connectivity index (χ3n) is 4.27. The van der Waals surface area contributed by atoms with Crippen LogP contribution in [-0.4, -0.2) is 15.0 Å². The Labute approximate surface area is 128 Å². The van der Waals surface area contributed by atoms with Crippen LogP contribution in [0.15, 0.2) is 29.2 Å². The van der Waals surface area contributed by atoms with Gasteiger partial charge in [0.05, 0.1) is 4.90 Å². The lowest BCUT2D eigenvalue weighted by molar-refractivity contribution is 0.480. The molecule has 0 saturated heterocycles. The van der Waals surface area contributed by atoms with Gasteiger partial charge in [0.2, 0.25) is 10.0 Å². The zero-order chi connectivity index (χ0) is 15.3. The van der Waals surface area contributed by atoms with Gasteiger partial charge in [0, 0.05) is 12.6 Å². The summed E-state index contributed by atoms with van der Waals surface area (Å²) in [6, 6.07) is 6.71. The van der Waals surface area contributed by atoms with E-state index >= 15 is 0 Å². The smallest absolute Gasteiger partial charge is 0.240 e. The monoisotopic (exact) mass is 310 g/mol. The largest absolute Gasteiger partial charge is 0.324 e. The molecule has 0 aromatic heterocycles. The second-order valence-electron chi connectivity index (χ2n) is 6.05. The van der Waals surface area contributed by atoms with Gasteiger partial charge >= 0.3 is 0 Å². The van der Waals surface area contributed by atoms with E-state index in [1.807, 2.05) is 6.92 Å². The Bertz CT molecular complexity index is 532. The Hall–Kier alpha value is -0.910. The highest BCUT2D eigenvalue weighted by atomic mass is 32.2. The molecule has 0 heterocycles. The van der Waals surface area contributed by atoms with Crippen LogP contribution in [0.25, 0.3) is 0 Å². The number of nitrogens with two attached hydrogens (primary N) is 1. The molecule has 21 heavy (non-hydrogen) atoms. The fourth-order valence-corrected chi connectivity index (χ4v) is 4.00. The second-order valence-corrected chi connectivity index (χ2v) is 7.82. The van der Waals surface area contributed by atoms with Crippen LogP contribution in [0.3, 0.4) is 0 Å². The summed E-state index contributed by atoms with van der Waals surface area (Å²) in [6.07, 6.45) is 7.34. The molecule has 1 unspecified atom stereocenters. The molecule has 0 spiro atoms. The van der Waals surface area contributed by atoms with Crippen LogP contribution in [0, 0.1) is 5.92 Å². The first-order valence-corrected chi connectivity index (χ1v) is 9.32. The van der Waals surface area contributed by atoms with Gasteiger partial charge in [0.1, 0.15) is 0 Å². The predicted molar refractivity (Wildman–Crippen MR) is 85.4 cm³/mol. The Balaban J connectivity index is 1.83. The fraction of sp³-hybridized carbons (Fsp3) is 0.625. The first-order chi connectivity index (χ1) is 9.99. The molecule has 5 heteroatoms. The van der Waals surface area contributed by atoms with Crippen molar-refractivity contribution in [2.75, 3.05) is 6.54 Å². The van der Waals surface area contributed by atoms with Gasteiger partial charge in [-0.3, -0.25) is 0 Å². The van der Waals surface area contributed by atoms with E-state index in [1.165, 1.54) is 25.7 Å². The van der Waals surface area contributed by atoms with Crippen molar-refractivity contribution in [3.8, 4) is 0 Å². The number of rotatable bonds is 7. The quantitative estimate of drug-likeness (QED) is 0.761. The summed E-state index contributed by atoms with van der Waals surface area (Å²) in [7, 11) is -3.39.